The van der Waals surface area contributed by atoms with Crippen LogP contribution in [0.2, 0.25) is 0 Å². The number of hydrogen-bond donors (Lipinski definition) is 2. The molecule has 2 heterocycles. The molecule has 0 radical (unpaired) electrons. The van der Waals surface area contributed by atoms with E-state index in [0.29, 0.717) is 34.7 Å². The summed E-state index contributed by atoms with van der Waals surface area (Å²) in [5.74, 6) is 0.464. The first-order chi connectivity index (χ1) is 10.0. The molecule has 0 spiro atoms. The first-order valence-corrected chi connectivity index (χ1v) is 7.25. The summed E-state index contributed by atoms with van der Waals surface area (Å²) in [6.45, 7) is 4.79. The molecule has 0 aliphatic rings. The summed E-state index contributed by atoms with van der Waals surface area (Å²) in [5, 5.41) is 11.2. The molecule has 0 saturated heterocycles. The number of rotatable bonds is 6. The maximum atomic E-state index is 12.2. The van der Waals surface area contributed by atoms with E-state index in [1.54, 1.807) is 20.4 Å². The van der Waals surface area contributed by atoms with Gasteiger partial charge in [0.25, 0.3) is 5.91 Å². The van der Waals surface area contributed by atoms with Crippen LogP contribution in [0, 0.1) is 6.92 Å². The number of amides is 1. The lowest BCUT2D eigenvalue weighted by atomic mass is 10.3. The number of anilines is 1. The second-order valence-corrected chi connectivity index (χ2v) is 5.57. The quantitative estimate of drug-likeness (QED) is 0.815. The van der Waals surface area contributed by atoms with Crippen molar-refractivity contribution in [2.24, 2.45) is 0 Å². The molecule has 1 atom stereocenters. The third-order valence-electron chi connectivity index (χ3n) is 2.94. The van der Waals surface area contributed by atoms with Crippen molar-refractivity contribution in [3.05, 3.63) is 22.7 Å². The van der Waals surface area contributed by atoms with E-state index in [0.717, 1.165) is 0 Å². The molecule has 0 aliphatic carbocycles. The molecule has 3 N–H and O–H groups in total. The zero-order valence-electron chi connectivity index (χ0n) is 12.2. The van der Waals surface area contributed by atoms with Crippen LogP contribution >= 0.6 is 11.3 Å². The number of carbonyl (C=O) groups is 1. The fourth-order valence-corrected chi connectivity index (χ4v) is 2.65. The predicted octanol–water partition coefficient (Wildman–Crippen LogP) is 0.763. The Kier molecular flexibility index (Phi) is 4.86. The van der Waals surface area contributed by atoms with E-state index in [4.69, 9.17) is 10.5 Å². The number of nitrogen functional groups attached to an aromatic ring is 1. The molecule has 21 heavy (non-hydrogen) atoms. The number of ether oxygens (including phenoxy) is 1. The highest BCUT2D eigenvalue weighted by atomic mass is 32.1. The fourth-order valence-electron chi connectivity index (χ4n) is 1.92. The van der Waals surface area contributed by atoms with Crippen molar-refractivity contribution in [3.63, 3.8) is 0 Å². The van der Waals surface area contributed by atoms with Gasteiger partial charge >= 0.3 is 0 Å². The van der Waals surface area contributed by atoms with Gasteiger partial charge in [-0.2, -0.15) is 0 Å². The van der Waals surface area contributed by atoms with Gasteiger partial charge < -0.3 is 20.4 Å². The van der Waals surface area contributed by atoms with E-state index in [9.17, 15) is 4.79 Å². The number of nitrogens with two attached hydrogens (primary N) is 1. The molecule has 114 valence electrons. The summed E-state index contributed by atoms with van der Waals surface area (Å²) >= 11 is 1.17. The van der Waals surface area contributed by atoms with Gasteiger partial charge in [0.05, 0.1) is 18.3 Å². The van der Waals surface area contributed by atoms with Crippen LogP contribution in [0.25, 0.3) is 0 Å². The van der Waals surface area contributed by atoms with Crippen molar-refractivity contribution < 1.29 is 9.53 Å². The van der Waals surface area contributed by atoms with Crippen molar-refractivity contribution >= 4 is 22.4 Å². The summed E-state index contributed by atoms with van der Waals surface area (Å²) in [7, 11) is 1.63. The van der Waals surface area contributed by atoms with Crippen molar-refractivity contribution in [2.75, 3.05) is 19.5 Å². The van der Waals surface area contributed by atoms with Crippen molar-refractivity contribution in [1.82, 2.24) is 25.1 Å². The summed E-state index contributed by atoms with van der Waals surface area (Å²) in [4.78, 5) is 16.8. The molecule has 1 amide bonds. The first-order valence-electron chi connectivity index (χ1n) is 6.43. The van der Waals surface area contributed by atoms with Crippen LogP contribution in [0.15, 0.2) is 6.33 Å². The molecule has 0 aromatic carbocycles. The number of nitrogens with one attached hydrogen (secondary N) is 1. The Labute approximate surface area is 126 Å². The average molecular weight is 310 g/mol. The van der Waals surface area contributed by atoms with E-state index in [1.807, 2.05) is 11.5 Å². The molecule has 0 aliphatic heterocycles. The van der Waals surface area contributed by atoms with Gasteiger partial charge in [0, 0.05) is 13.7 Å². The number of hydrogen-bond acceptors (Lipinski definition) is 7. The lowest BCUT2D eigenvalue weighted by Gasteiger charge is -2.14. The summed E-state index contributed by atoms with van der Waals surface area (Å²) < 4.78 is 6.88. The Bertz CT molecular complexity index is 623. The zero-order valence-corrected chi connectivity index (χ0v) is 13.0. The third kappa shape index (κ3) is 3.56. The van der Waals surface area contributed by atoms with Crippen LogP contribution in [-0.2, 0) is 11.3 Å². The molecule has 0 bridgehead atoms. The Morgan fingerprint density at radius 3 is 3.00 bits per heavy atom. The first kappa shape index (κ1) is 15.4. The smallest absolute Gasteiger partial charge is 0.263 e. The lowest BCUT2D eigenvalue weighted by Crippen LogP contribution is -2.29. The monoisotopic (exact) mass is 310 g/mol. The minimum Gasteiger partial charge on any atom is -0.383 e. The molecule has 9 heteroatoms. The molecular weight excluding hydrogens is 292 g/mol. The fraction of sp³-hybridized carbons (Fsp3) is 0.500. The van der Waals surface area contributed by atoms with Crippen LogP contribution in [0.1, 0.15) is 34.2 Å². The highest BCUT2D eigenvalue weighted by Gasteiger charge is 2.20. The van der Waals surface area contributed by atoms with Gasteiger partial charge in [0.15, 0.2) is 11.0 Å². The van der Waals surface area contributed by atoms with Gasteiger partial charge in [0.2, 0.25) is 0 Å². The average Bonchev–Trinajstić information content (AvgIpc) is 3.02. The number of aromatic nitrogens is 4. The molecule has 0 fully saturated rings. The second kappa shape index (κ2) is 6.64. The Morgan fingerprint density at radius 1 is 1.62 bits per heavy atom. The Balaban J connectivity index is 2.07. The van der Waals surface area contributed by atoms with Gasteiger partial charge in [-0.1, -0.05) is 11.3 Å². The van der Waals surface area contributed by atoms with Gasteiger partial charge in [-0.3, -0.25) is 4.79 Å². The predicted molar refractivity (Wildman–Crippen MR) is 79.0 cm³/mol. The maximum Gasteiger partial charge on any atom is 0.263 e. The normalized spacial score (nSPS) is 12.3. The Morgan fingerprint density at radius 2 is 2.38 bits per heavy atom. The molecule has 8 nitrogen and oxygen atoms in total. The number of aryl methyl sites for hydroxylation is 1. The van der Waals surface area contributed by atoms with Crippen LogP contribution in [0.3, 0.4) is 0 Å². The lowest BCUT2D eigenvalue weighted by molar-refractivity contribution is 0.0940. The summed E-state index contributed by atoms with van der Waals surface area (Å²) in [6, 6.07) is -0.278. The van der Waals surface area contributed by atoms with Crippen LogP contribution in [0.5, 0.6) is 0 Å². The molecular formula is C12H18N6O2S. The van der Waals surface area contributed by atoms with Gasteiger partial charge in [-0.15, -0.1) is 10.2 Å². The van der Waals surface area contributed by atoms with Gasteiger partial charge in [-0.25, -0.2) is 4.98 Å². The summed E-state index contributed by atoms with van der Waals surface area (Å²) in [5.41, 5.74) is 6.24. The van der Waals surface area contributed by atoms with E-state index in [-0.39, 0.29) is 11.9 Å². The number of carbonyl (C=O) groups excluding carboxylic acids is 1. The Hall–Kier alpha value is -2.00. The minimum absolute atomic E-state index is 0.213. The number of nitrogens with zero attached hydrogens (tertiary/aromatic N) is 4. The number of methoxy groups -OCH3 is 1. The molecule has 2 aromatic rings. The largest absolute Gasteiger partial charge is 0.383 e. The highest BCUT2D eigenvalue weighted by Crippen LogP contribution is 2.20. The van der Waals surface area contributed by atoms with Crippen LogP contribution < -0.4 is 11.1 Å². The van der Waals surface area contributed by atoms with Crippen molar-refractivity contribution in [2.45, 2.75) is 26.4 Å². The topological polar surface area (TPSA) is 108 Å². The van der Waals surface area contributed by atoms with E-state index >= 15 is 0 Å². The second-order valence-electron chi connectivity index (χ2n) is 4.54. The van der Waals surface area contributed by atoms with Gasteiger partial charge in [0.1, 0.15) is 11.2 Å². The van der Waals surface area contributed by atoms with E-state index < -0.39 is 0 Å². The number of thiazole rings is 1. The maximum absolute atomic E-state index is 12.2. The summed E-state index contributed by atoms with van der Waals surface area (Å²) in [6.07, 6.45) is 1.62. The minimum atomic E-state index is -0.278. The standard InChI is InChI=1S/C12H18N6O2S/c1-7-9(21-12(13)16-7)11(19)15-8(2)10-17-14-6-18(10)4-5-20-3/h6,8H,4-5H2,1-3H3,(H2,13,16)(H,15,19)/t8-/m1/s1. The van der Waals surface area contributed by atoms with E-state index in [2.05, 4.69) is 20.5 Å². The van der Waals surface area contributed by atoms with Gasteiger partial charge in [-0.05, 0) is 13.8 Å². The van der Waals surface area contributed by atoms with E-state index in [1.165, 1.54) is 11.3 Å². The zero-order chi connectivity index (χ0) is 15.4. The highest BCUT2D eigenvalue weighted by molar-refractivity contribution is 7.17. The molecule has 0 saturated carbocycles. The van der Waals surface area contributed by atoms with Crippen molar-refractivity contribution in [1.29, 1.82) is 0 Å². The molecule has 2 aromatic heterocycles. The van der Waals surface area contributed by atoms with Crippen LogP contribution in [-0.4, -0.2) is 39.4 Å². The SMILES string of the molecule is COCCn1cnnc1[C@@H](C)NC(=O)c1sc(N)nc1C. The molecule has 0 unspecified atom stereocenters. The molecule has 2 rings (SSSR count). The third-order valence-corrected chi connectivity index (χ3v) is 3.92. The van der Waals surface area contributed by atoms with Crippen LogP contribution in [0.4, 0.5) is 5.13 Å². The van der Waals surface area contributed by atoms with Crippen molar-refractivity contribution in [3.8, 4) is 0 Å².